The average molecular weight is 127 g/mol. The van der Waals surface area contributed by atoms with Crippen LogP contribution in [0, 0.1) is 6.92 Å². The van der Waals surface area contributed by atoms with Crippen molar-refractivity contribution in [1.29, 1.82) is 0 Å². The van der Waals surface area contributed by atoms with E-state index in [9.17, 15) is 0 Å². The minimum atomic E-state index is 0.958. The molecule has 2 heteroatoms. The van der Waals surface area contributed by atoms with Gasteiger partial charge in [-0.3, -0.25) is 0 Å². The Bertz CT molecular complexity index is 6.00. The Balaban J connectivity index is 0. The summed E-state index contributed by atoms with van der Waals surface area (Å²) in [6, 6.07) is 0. The minimum absolute atomic E-state index is 0.958. The molecule has 0 atom stereocenters. The van der Waals surface area contributed by atoms with Gasteiger partial charge in [0, 0.05) is 0 Å². The Morgan fingerprint density at radius 1 is 1.50 bits per heavy atom. The molecule has 0 saturated carbocycles. The molecule has 1 radical (unpaired) electrons. The molecule has 4 heavy (non-hydrogen) atoms. The van der Waals surface area contributed by atoms with Gasteiger partial charge in [-0.05, 0) is 0 Å². The summed E-state index contributed by atoms with van der Waals surface area (Å²) in [6.07, 6.45) is 0. The number of hydrogen-bond donors (Lipinski definition) is 0. The van der Waals surface area contributed by atoms with Gasteiger partial charge < -0.3 is 0 Å². The second-order valence-corrected chi connectivity index (χ2v) is 0. The van der Waals surface area contributed by atoms with E-state index in [0.717, 1.165) is 16.6 Å². The Labute approximate surface area is 40.9 Å². The van der Waals surface area contributed by atoms with Crippen LogP contribution in [0.4, 0.5) is 0 Å². The zero-order valence-corrected chi connectivity index (χ0v) is 6.61. The van der Waals surface area contributed by atoms with Gasteiger partial charge >= 0.3 is 26.7 Å². The monoisotopic (exact) mass is 125 g/mol. The average Bonchev–Trinajstić information content (AvgIpc) is 1.50. The summed E-state index contributed by atoms with van der Waals surface area (Å²) in [6.45, 7) is 5.00. The van der Waals surface area contributed by atoms with E-state index in [-0.39, 0.29) is 0 Å². The molecule has 0 spiro atoms. The van der Waals surface area contributed by atoms with E-state index < -0.39 is 0 Å². The van der Waals surface area contributed by atoms with E-state index >= 15 is 0 Å². The van der Waals surface area contributed by atoms with Crippen molar-refractivity contribution < 1.29 is 16.6 Å². The molecule has 0 rings (SSSR count). The van der Waals surface area contributed by atoms with Crippen LogP contribution in [0.2, 0.25) is 0 Å². The zero-order valence-electron chi connectivity index (χ0n) is 2.82. The molecule has 0 aliphatic heterocycles. The van der Waals surface area contributed by atoms with E-state index in [1.54, 1.807) is 6.92 Å². The van der Waals surface area contributed by atoms with Gasteiger partial charge in [0.2, 0.25) is 0 Å². The van der Waals surface area contributed by atoms with Gasteiger partial charge in [0.15, 0.2) is 0 Å². The molecule has 0 aromatic rings. The van der Waals surface area contributed by atoms with Crippen molar-refractivity contribution in [1.82, 2.24) is 0 Å². The molecule has 0 amide bonds. The predicted molar refractivity (Wildman–Crippen MR) is 18.6 cm³/mol. The molecule has 0 saturated heterocycles. The van der Waals surface area contributed by atoms with Crippen LogP contribution in [-0.2, 0) is 16.6 Å². The molecule has 0 N–H and O–H groups in total. The molecule has 0 fully saturated rings. The Kier molecular flexibility index (Phi) is 96.6. The van der Waals surface area contributed by atoms with Crippen molar-refractivity contribution >= 4 is 10.1 Å². The summed E-state index contributed by atoms with van der Waals surface area (Å²) in [5, 5.41) is 0. The first-order chi connectivity index (χ1) is 2.00. The first-order valence-corrected chi connectivity index (χ1v) is 5.21. The van der Waals surface area contributed by atoms with Crippen molar-refractivity contribution in [3.8, 4) is 0 Å². The summed E-state index contributed by atoms with van der Waals surface area (Å²) < 4.78 is 0. The van der Waals surface area contributed by atoms with Gasteiger partial charge in [0.1, 0.15) is 0 Å². The van der Waals surface area contributed by atoms with E-state index in [2.05, 4.69) is 17.0 Å². The Morgan fingerprint density at radius 2 is 1.50 bits per heavy atom. The van der Waals surface area contributed by atoms with E-state index in [0.29, 0.717) is 0 Å². The molecule has 0 nitrogen and oxygen atoms in total. The first-order valence-electron chi connectivity index (χ1n) is 0.996. The second kappa shape index (κ2) is 43.7. The van der Waals surface area contributed by atoms with Crippen molar-refractivity contribution in [3.05, 3.63) is 6.92 Å². The van der Waals surface area contributed by atoms with Crippen LogP contribution in [0.25, 0.3) is 0 Å². The van der Waals surface area contributed by atoms with Crippen molar-refractivity contribution in [3.63, 3.8) is 0 Å². The number of hydrogen-bond acceptors (Lipinski definition) is 1. The fraction of sp³-hybridized carbons (Fsp3) is 0.500. The molecule has 0 unspecified atom stereocenters. The molecular weight excluding hydrogens is 121 g/mol. The molecule has 0 aliphatic rings. The summed E-state index contributed by atoms with van der Waals surface area (Å²) in [7, 11) is 4.21. The summed E-state index contributed by atoms with van der Waals surface area (Å²) >= 11 is 0.958. The molecule has 0 aromatic carbocycles. The summed E-state index contributed by atoms with van der Waals surface area (Å²) in [5.41, 5.74) is 0. The summed E-state index contributed by atoms with van der Waals surface area (Å²) in [5.74, 6) is 0. The molecule has 0 heterocycles. The molecule has 0 aromatic heterocycles. The molecular formula is C2H5SZn. The standard InChI is InChI=1S/C2H5.S.Zn/c1-2;;/h1H2,2H3;;. The fourth-order valence-corrected chi connectivity index (χ4v) is 0. The van der Waals surface area contributed by atoms with Gasteiger partial charge in [0.05, 0.1) is 0 Å². The van der Waals surface area contributed by atoms with Gasteiger partial charge in [-0.25, -0.2) is 0 Å². The van der Waals surface area contributed by atoms with Crippen LogP contribution >= 0.6 is 10.1 Å². The van der Waals surface area contributed by atoms with E-state index in [1.165, 1.54) is 0 Å². The number of rotatable bonds is 0. The zero-order chi connectivity index (χ0) is 4.00. The topological polar surface area (TPSA) is 0 Å². The van der Waals surface area contributed by atoms with Crippen LogP contribution in [0.1, 0.15) is 6.92 Å². The molecule has 21 valence electrons. The van der Waals surface area contributed by atoms with Crippen LogP contribution in [0.15, 0.2) is 0 Å². The normalized spacial score (nSPS) is 3.00. The van der Waals surface area contributed by atoms with Crippen molar-refractivity contribution in [2.24, 2.45) is 0 Å². The first kappa shape index (κ1) is 8.85. The Hall–Kier alpha value is 0.843. The third-order valence-electron chi connectivity index (χ3n) is 0. The maximum atomic E-state index is 4.21. The van der Waals surface area contributed by atoms with E-state index in [1.807, 2.05) is 0 Å². The van der Waals surface area contributed by atoms with Gasteiger partial charge in [-0.2, -0.15) is 0 Å². The van der Waals surface area contributed by atoms with Crippen molar-refractivity contribution in [2.45, 2.75) is 6.92 Å². The summed E-state index contributed by atoms with van der Waals surface area (Å²) in [4.78, 5) is 0. The maximum absolute atomic E-state index is 4.21. The second-order valence-electron chi connectivity index (χ2n) is 0. The quantitative estimate of drug-likeness (QED) is 0.443. The Morgan fingerprint density at radius 3 is 1.50 bits per heavy atom. The predicted octanol–water partition coefficient (Wildman–Crippen LogP) is 1.49. The van der Waals surface area contributed by atoms with Crippen LogP contribution in [0.5, 0.6) is 0 Å². The van der Waals surface area contributed by atoms with Gasteiger partial charge in [-0.15, -0.1) is 0 Å². The van der Waals surface area contributed by atoms with E-state index in [4.69, 9.17) is 0 Å². The van der Waals surface area contributed by atoms with Crippen LogP contribution < -0.4 is 0 Å². The third kappa shape index (κ3) is 13.6. The van der Waals surface area contributed by atoms with Crippen LogP contribution in [0.3, 0.4) is 0 Å². The fourth-order valence-electron chi connectivity index (χ4n) is 0. The third-order valence-corrected chi connectivity index (χ3v) is 0. The van der Waals surface area contributed by atoms with Crippen molar-refractivity contribution in [2.75, 3.05) is 0 Å². The molecule has 0 aliphatic carbocycles. The molecule has 0 bridgehead atoms. The van der Waals surface area contributed by atoms with Gasteiger partial charge in [-0.1, -0.05) is 13.8 Å². The van der Waals surface area contributed by atoms with Gasteiger partial charge in [0.25, 0.3) is 0 Å². The van der Waals surface area contributed by atoms with Crippen LogP contribution in [-0.4, -0.2) is 0 Å². The SMILES string of the molecule is [CH2]C.[S]=[Zn].